The number of aromatic nitrogens is 4. The van der Waals surface area contributed by atoms with Gasteiger partial charge in [0.1, 0.15) is 40.8 Å². The highest BCUT2D eigenvalue weighted by atomic mass is 19.1. The second kappa shape index (κ2) is 21.4. The lowest BCUT2D eigenvalue weighted by atomic mass is 9.89. The van der Waals surface area contributed by atoms with Crippen LogP contribution in [-0.4, -0.2) is 113 Å². The normalized spacial score (nSPS) is 21.6. The number of ether oxygens (including phenoxy) is 3. The molecule has 0 aliphatic carbocycles. The molecule has 4 fully saturated rings. The molecule has 4 aromatic carbocycles. The topological polar surface area (TPSA) is 161 Å². The molecule has 75 heavy (non-hydrogen) atoms. The quantitative estimate of drug-likeness (QED) is 0.0896. The molecule has 3 N–H and O–H groups in total. The van der Waals surface area contributed by atoms with Crippen LogP contribution in [0, 0.1) is 29.1 Å². The zero-order valence-electron chi connectivity index (χ0n) is 42.6. The fourth-order valence-electron chi connectivity index (χ4n) is 11.9. The van der Waals surface area contributed by atoms with Gasteiger partial charge in [-0.1, -0.05) is 12.1 Å². The van der Waals surface area contributed by atoms with Crippen molar-refractivity contribution in [1.82, 2.24) is 35.1 Å². The van der Waals surface area contributed by atoms with Crippen molar-refractivity contribution >= 4 is 51.3 Å². The minimum Gasteiger partial charge on any atom is -0.453 e. The number of H-pyrrole nitrogens is 2. The predicted molar refractivity (Wildman–Crippen MR) is 271 cm³/mol. The van der Waals surface area contributed by atoms with Gasteiger partial charge in [0, 0.05) is 69.3 Å². The Balaban J connectivity index is 0.993. The van der Waals surface area contributed by atoms with Crippen LogP contribution >= 0.6 is 0 Å². The number of carbonyl (C=O) groups is 3. The van der Waals surface area contributed by atoms with Gasteiger partial charge in [-0.25, -0.2) is 36.7 Å². The van der Waals surface area contributed by atoms with Crippen molar-refractivity contribution < 1.29 is 50.5 Å². The van der Waals surface area contributed by atoms with Crippen LogP contribution in [0.1, 0.15) is 130 Å². The van der Waals surface area contributed by atoms with Crippen LogP contribution in [0.25, 0.3) is 22.1 Å². The standard InChI is InChI=1S/C55H62F5N9O6/c1-29(73-3)22-49(70)67-18-6-8-47(67)52-61-41-25-35(37(57)27-43(41)63-52)45-14-15-46(69(45)34-23-39(59)51(40(60)24-34)66-20-16-32(17-21-66)31-10-12-33(56)13-11-31)36-26-42-44(28-38(36)58)64-53(62-42)48-9-7-19-68(48)54(71)50(30(2)74-4)65-55(72)75-5/h10-13,23-30,32,45-48,50H,6-9,14-22H2,1-5H3,(H,61,63)(H,62,64)(H,65,72)/t29-,30-,45-,46-,47+,48+,50+/m1/s1. The van der Waals surface area contributed by atoms with Gasteiger partial charge in [-0.2, -0.15) is 0 Å². The summed E-state index contributed by atoms with van der Waals surface area (Å²) >= 11 is 0. The number of hydrogen-bond donors (Lipinski definition) is 3. The van der Waals surface area contributed by atoms with Crippen LogP contribution < -0.4 is 15.1 Å². The van der Waals surface area contributed by atoms with Crippen molar-refractivity contribution in [2.75, 3.05) is 57.3 Å². The van der Waals surface area contributed by atoms with Gasteiger partial charge in [-0.15, -0.1) is 0 Å². The van der Waals surface area contributed by atoms with E-state index in [0.29, 0.717) is 86.5 Å². The first-order valence-electron chi connectivity index (χ1n) is 25.8. The maximum Gasteiger partial charge on any atom is 0.407 e. The highest BCUT2D eigenvalue weighted by Crippen LogP contribution is 2.50. The number of piperidine rings is 1. The molecule has 3 amide bonds. The van der Waals surface area contributed by atoms with Crippen LogP contribution in [-0.2, 0) is 23.8 Å². The van der Waals surface area contributed by atoms with E-state index in [9.17, 15) is 18.8 Å². The lowest BCUT2D eigenvalue weighted by Gasteiger charge is -2.36. The van der Waals surface area contributed by atoms with E-state index in [4.69, 9.17) is 24.2 Å². The third-order valence-corrected chi connectivity index (χ3v) is 16.0. The second-order valence-corrected chi connectivity index (χ2v) is 20.4. The Labute approximate surface area is 431 Å². The summed E-state index contributed by atoms with van der Waals surface area (Å²) < 4.78 is 96.6. The molecule has 4 aliphatic heterocycles. The first kappa shape index (κ1) is 51.7. The number of alkyl carbamates (subject to hydrolysis) is 1. The lowest BCUT2D eigenvalue weighted by Crippen LogP contribution is -2.54. The maximum absolute atomic E-state index is 16.9. The van der Waals surface area contributed by atoms with E-state index in [1.165, 1.54) is 50.6 Å². The number of rotatable bonds is 14. The largest absolute Gasteiger partial charge is 0.453 e. The van der Waals surface area contributed by atoms with Gasteiger partial charge in [0.05, 0.1) is 72.0 Å². The fourth-order valence-corrected chi connectivity index (χ4v) is 11.9. The summed E-state index contributed by atoms with van der Waals surface area (Å²) in [5.74, 6) is -2.71. The van der Waals surface area contributed by atoms with Gasteiger partial charge < -0.3 is 49.1 Å². The number of anilines is 2. The Morgan fingerprint density at radius 2 is 1.21 bits per heavy atom. The monoisotopic (exact) mass is 1040 g/mol. The number of likely N-dealkylation sites (tertiary alicyclic amines) is 2. The number of nitrogens with zero attached hydrogens (tertiary/aromatic N) is 6. The molecule has 0 radical (unpaired) electrons. The summed E-state index contributed by atoms with van der Waals surface area (Å²) in [7, 11) is 4.19. The highest BCUT2D eigenvalue weighted by Gasteiger charge is 2.42. The second-order valence-electron chi connectivity index (χ2n) is 20.4. The number of imidazole rings is 2. The third-order valence-electron chi connectivity index (χ3n) is 16.0. The Kier molecular flexibility index (Phi) is 14.8. The lowest BCUT2D eigenvalue weighted by molar-refractivity contribution is -0.137. The van der Waals surface area contributed by atoms with Crippen molar-refractivity contribution in [3.8, 4) is 0 Å². The first-order valence-corrected chi connectivity index (χ1v) is 25.8. The van der Waals surface area contributed by atoms with E-state index in [2.05, 4.69) is 15.3 Å². The Bertz CT molecular complexity index is 3070. The molecule has 0 bridgehead atoms. The minimum absolute atomic E-state index is 0.0741. The predicted octanol–water partition coefficient (Wildman–Crippen LogP) is 10.1. The van der Waals surface area contributed by atoms with Gasteiger partial charge in [0.15, 0.2) is 11.6 Å². The summed E-state index contributed by atoms with van der Waals surface area (Å²) in [5.41, 5.74) is 2.83. The highest BCUT2D eigenvalue weighted by molar-refractivity contribution is 5.87. The van der Waals surface area contributed by atoms with E-state index in [1.807, 2.05) is 6.92 Å². The molecule has 0 spiro atoms. The van der Waals surface area contributed by atoms with Crippen molar-refractivity contribution in [2.24, 2.45) is 0 Å². The van der Waals surface area contributed by atoms with Crippen LogP contribution in [0.4, 0.5) is 38.1 Å². The molecule has 398 valence electrons. The maximum atomic E-state index is 16.9. The number of aromatic amines is 2. The summed E-state index contributed by atoms with van der Waals surface area (Å²) in [6, 6.07) is 11.0. The SMILES string of the molecule is COC(=O)N[C@H](C(=O)N1CCC[C@H]1c1nc2cc(F)c([C@H]3CC[C@H](c4cc5[nH]c([C@@H]6CCCN6C(=O)C[C@@H](C)OC)nc5cc4F)N3c3cc(F)c(N4CCC(c5ccc(F)cc5)CC4)c(F)c3)cc2[nH]1)[C@@H](C)OC. The smallest absolute Gasteiger partial charge is 0.407 e. The van der Waals surface area contributed by atoms with Crippen molar-refractivity contribution in [3.63, 3.8) is 0 Å². The van der Waals surface area contributed by atoms with Gasteiger partial charge in [0.25, 0.3) is 0 Å². The number of nitrogens with one attached hydrogen (secondary N) is 3. The summed E-state index contributed by atoms with van der Waals surface area (Å²) in [6.45, 7) is 5.09. The molecule has 6 aromatic rings. The zero-order chi connectivity index (χ0) is 52.8. The molecule has 4 aliphatic rings. The van der Waals surface area contributed by atoms with Crippen LogP contribution in [0.2, 0.25) is 0 Å². The van der Waals surface area contributed by atoms with E-state index in [0.717, 1.165) is 12.0 Å². The Hall–Kier alpha value is -6.80. The summed E-state index contributed by atoms with van der Waals surface area (Å²) in [4.78, 5) is 62.6. The summed E-state index contributed by atoms with van der Waals surface area (Å²) in [6.07, 6.45) is 2.73. The fraction of sp³-hybridized carbons (Fsp3) is 0.473. The molecule has 0 saturated carbocycles. The number of hydrogen-bond acceptors (Lipinski definition) is 10. The van der Waals surface area contributed by atoms with Gasteiger partial charge >= 0.3 is 6.09 Å². The number of carbonyl (C=O) groups excluding carboxylic acids is 3. The van der Waals surface area contributed by atoms with Crippen molar-refractivity contribution in [3.05, 3.63) is 118 Å². The Morgan fingerprint density at radius 1 is 0.667 bits per heavy atom. The average Bonchev–Trinajstić information content (AvgIpc) is 4.28. The van der Waals surface area contributed by atoms with Crippen LogP contribution in [0.3, 0.4) is 0 Å². The molecular weight excluding hydrogens is 978 g/mol. The van der Waals surface area contributed by atoms with Crippen molar-refractivity contribution in [2.45, 2.75) is 120 Å². The number of amides is 3. The number of benzene rings is 4. The van der Waals surface area contributed by atoms with Gasteiger partial charge in [0.2, 0.25) is 11.8 Å². The molecule has 0 unspecified atom stereocenters. The molecule has 2 aromatic heterocycles. The molecule has 15 nitrogen and oxygen atoms in total. The van der Waals surface area contributed by atoms with E-state index >= 15 is 17.6 Å². The molecule has 10 rings (SSSR count). The van der Waals surface area contributed by atoms with E-state index in [-0.39, 0.29) is 77.1 Å². The molecule has 7 atom stereocenters. The zero-order valence-corrected chi connectivity index (χ0v) is 42.6. The minimum atomic E-state index is -1.06. The average molecular weight is 1040 g/mol. The number of fused-ring (bicyclic) bond motifs is 2. The molecular formula is C55H62F5N9O6. The third kappa shape index (κ3) is 10.1. The van der Waals surface area contributed by atoms with Crippen LogP contribution in [0.15, 0.2) is 60.7 Å². The van der Waals surface area contributed by atoms with Crippen LogP contribution in [0.5, 0.6) is 0 Å². The Morgan fingerprint density at radius 3 is 1.75 bits per heavy atom. The first-order chi connectivity index (χ1) is 36.1. The number of halogens is 5. The van der Waals surface area contributed by atoms with Gasteiger partial charge in [-0.05, 0) is 113 Å². The van der Waals surface area contributed by atoms with E-state index in [1.54, 1.807) is 57.9 Å². The van der Waals surface area contributed by atoms with Gasteiger partial charge in [-0.3, -0.25) is 9.59 Å². The molecule has 20 heteroatoms. The molecule has 4 saturated heterocycles. The van der Waals surface area contributed by atoms with Crippen molar-refractivity contribution in [1.29, 1.82) is 0 Å². The molecule has 6 heterocycles. The number of methoxy groups -OCH3 is 3. The van der Waals surface area contributed by atoms with E-state index < -0.39 is 65.5 Å². The summed E-state index contributed by atoms with van der Waals surface area (Å²) in [5, 5.41) is 2.58.